The van der Waals surface area contributed by atoms with Crippen molar-refractivity contribution in [3.05, 3.63) is 18.2 Å². The van der Waals surface area contributed by atoms with E-state index in [-0.39, 0.29) is 23.3 Å². The second kappa shape index (κ2) is 5.29. The normalized spacial score (nSPS) is 20.6. The molecule has 2 N–H and O–H groups in total. The van der Waals surface area contributed by atoms with E-state index in [1.54, 1.807) is 18.2 Å². The van der Waals surface area contributed by atoms with Crippen LogP contribution in [0.5, 0.6) is 0 Å². The van der Waals surface area contributed by atoms with Crippen molar-refractivity contribution in [2.24, 2.45) is 5.73 Å². The van der Waals surface area contributed by atoms with Gasteiger partial charge in [-0.2, -0.15) is 13.1 Å². The van der Waals surface area contributed by atoms with E-state index in [9.17, 15) is 8.42 Å². The third kappa shape index (κ3) is 2.46. The average Bonchev–Trinajstić information content (AvgIpc) is 2.96. The predicted octanol–water partition coefficient (Wildman–Crippen LogP) is 0.835. The molecule has 6 nitrogen and oxygen atoms in total. The maximum atomic E-state index is 12.5. The smallest absolute Gasteiger partial charge is 0.245 e. The molecule has 2 aromatic rings. The second-order valence-corrected chi connectivity index (χ2v) is 6.73. The zero-order valence-corrected chi connectivity index (χ0v) is 12.3. The number of nitrogens with two attached hydrogens (primary N) is 1. The van der Waals surface area contributed by atoms with Crippen LogP contribution >= 0.6 is 24.1 Å². The van der Waals surface area contributed by atoms with Crippen LogP contribution in [-0.2, 0) is 10.0 Å². The van der Waals surface area contributed by atoms with Crippen LogP contribution in [0.2, 0.25) is 0 Å². The lowest BCUT2D eigenvalue weighted by atomic mass is 10.3. The second-order valence-electron chi connectivity index (χ2n) is 4.30. The molecule has 1 saturated heterocycles. The number of halogens is 1. The molecular formula is C10H13ClN4O2S2. The van der Waals surface area contributed by atoms with E-state index in [1.165, 1.54) is 4.31 Å². The van der Waals surface area contributed by atoms with Gasteiger partial charge in [-0.15, -0.1) is 12.4 Å². The van der Waals surface area contributed by atoms with Crippen molar-refractivity contribution in [3.63, 3.8) is 0 Å². The van der Waals surface area contributed by atoms with E-state index in [0.29, 0.717) is 30.5 Å². The molecule has 3 rings (SSSR count). The fourth-order valence-electron chi connectivity index (χ4n) is 2.10. The minimum atomic E-state index is -3.51. The van der Waals surface area contributed by atoms with Crippen LogP contribution in [0.15, 0.2) is 23.1 Å². The molecule has 1 aliphatic rings. The van der Waals surface area contributed by atoms with Crippen molar-refractivity contribution < 1.29 is 8.42 Å². The van der Waals surface area contributed by atoms with E-state index >= 15 is 0 Å². The molecule has 2 heterocycles. The van der Waals surface area contributed by atoms with Gasteiger partial charge in [-0.25, -0.2) is 8.42 Å². The van der Waals surface area contributed by atoms with Crippen LogP contribution in [0.1, 0.15) is 6.42 Å². The van der Waals surface area contributed by atoms with Crippen molar-refractivity contribution in [2.75, 3.05) is 13.1 Å². The van der Waals surface area contributed by atoms with Gasteiger partial charge in [0, 0.05) is 19.1 Å². The van der Waals surface area contributed by atoms with Gasteiger partial charge in [0.15, 0.2) is 0 Å². The molecule has 0 saturated carbocycles. The first-order valence-corrected chi connectivity index (χ1v) is 7.73. The van der Waals surface area contributed by atoms with Gasteiger partial charge in [0.05, 0.1) is 11.7 Å². The molecule has 0 unspecified atom stereocenters. The summed E-state index contributed by atoms with van der Waals surface area (Å²) in [4.78, 5) is 0.225. The lowest BCUT2D eigenvalue weighted by molar-refractivity contribution is 0.473. The lowest BCUT2D eigenvalue weighted by Crippen LogP contribution is -2.32. The summed E-state index contributed by atoms with van der Waals surface area (Å²) in [6, 6.07) is 4.94. The highest BCUT2D eigenvalue weighted by molar-refractivity contribution is 7.89. The first-order chi connectivity index (χ1) is 8.59. The molecule has 9 heteroatoms. The maximum Gasteiger partial charge on any atom is 0.245 e. The molecule has 0 bridgehead atoms. The van der Waals surface area contributed by atoms with Gasteiger partial charge in [-0.05, 0) is 18.6 Å². The highest BCUT2D eigenvalue weighted by Gasteiger charge is 2.32. The van der Waals surface area contributed by atoms with Gasteiger partial charge < -0.3 is 5.73 Å². The molecule has 1 atom stereocenters. The summed E-state index contributed by atoms with van der Waals surface area (Å²) in [5.74, 6) is 0. The predicted molar refractivity (Wildman–Crippen MR) is 76.0 cm³/mol. The molecule has 19 heavy (non-hydrogen) atoms. The number of sulfonamides is 1. The van der Waals surface area contributed by atoms with Crippen LogP contribution in [-0.4, -0.2) is 40.6 Å². The van der Waals surface area contributed by atoms with Crippen LogP contribution in [0.3, 0.4) is 0 Å². The third-order valence-electron chi connectivity index (χ3n) is 3.05. The highest BCUT2D eigenvalue weighted by Crippen LogP contribution is 2.26. The Morgan fingerprint density at radius 2 is 2.16 bits per heavy atom. The fourth-order valence-corrected chi connectivity index (χ4v) is 4.37. The van der Waals surface area contributed by atoms with Gasteiger partial charge in [-0.1, -0.05) is 6.07 Å². The van der Waals surface area contributed by atoms with Gasteiger partial charge in [0.25, 0.3) is 0 Å². The van der Waals surface area contributed by atoms with E-state index < -0.39 is 10.0 Å². The Labute approximate surface area is 121 Å². The van der Waals surface area contributed by atoms with Crippen molar-refractivity contribution in [1.29, 1.82) is 0 Å². The Hall–Kier alpha value is -0.800. The van der Waals surface area contributed by atoms with Crippen LogP contribution in [0.25, 0.3) is 11.0 Å². The van der Waals surface area contributed by atoms with Crippen LogP contribution in [0, 0.1) is 0 Å². The van der Waals surface area contributed by atoms with Crippen molar-refractivity contribution >= 4 is 45.2 Å². The molecule has 104 valence electrons. The molecule has 0 spiro atoms. The summed E-state index contributed by atoms with van der Waals surface area (Å²) >= 11 is 1.02. The third-order valence-corrected chi connectivity index (χ3v) is 5.49. The monoisotopic (exact) mass is 320 g/mol. The van der Waals surface area contributed by atoms with E-state index in [0.717, 1.165) is 11.7 Å². The molecule has 1 fully saturated rings. The minimum absolute atomic E-state index is 0. The molecule has 0 amide bonds. The first kappa shape index (κ1) is 14.6. The largest absolute Gasteiger partial charge is 0.326 e. The number of benzene rings is 1. The van der Waals surface area contributed by atoms with Gasteiger partial charge >= 0.3 is 0 Å². The molecule has 0 radical (unpaired) electrons. The van der Waals surface area contributed by atoms with E-state index in [4.69, 9.17) is 5.73 Å². The number of hydrogen-bond acceptors (Lipinski definition) is 6. The summed E-state index contributed by atoms with van der Waals surface area (Å²) in [6.07, 6.45) is 0.699. The fraction of sp³-hybridized carbons (Fsp3) is 0.400. The molecule has 0 aliphatic carbocycles. The van der Waals surface area contributed by atoms with E-state index in [1.807, 2.05) is 0 Å². The Morgan fingerprint density at radius 1 is 1.37 bits per heavy atom. The summed E-state index contributed by atoms with van der Waals surface area (Å²) in [6.45, 7) is 0.841. The number of aromatic nitrogens is 2. The average molecular weight is 321 g/mol. The Morgan fingerprint density at radius 3 is 2.84 bits per heavy atom. The number of nitrogens with zero attached hydrogens (tertiary/aromatic N) is 3. The summed E-state index contributed by atoms with van der Waals surface area (Å²) in [7, 11) is -3.51. The van der Waals surface area contributed by atoms with Crippen LogP contribution < -0.4 is 5.73 Å². The molecule has 1 aromatic carbocycles. The Kier molecular flexibility index (Phi) is 4.07. The van der Waals surface area contributed by atoms with Crippen molar-refractivity contribution in [1.82, 2.24) is 13.1 Å². The number of rotatable bonds is 2. The summed E-state index contributed by atoms with van der Waals surface area (Å²) < 4.78 is 34.5. The Bertz CT molecular complexity index is 688. The summed E-state index contributed by atoms with van der Waals surface area (Å²) in [5, 5.41) is 0. The SMILES string of the molecule is Cl.N[C@@H]1CCN(S(=O)(=O)c2cccc3nsnc23)C1. The van der Waals surface area contributed by atoms with Gasteiger partial charge in [0.1, 0.15) is 15.9 Å². The quantitative estimate of drug-likeness (QED) is 0.885. The zero-order valence-electron chi connectivity index (χ0n) is 9.89. The van der Waals surface area contributed by atoms with Crippen molar-refractivity contribution in [3.8, 4) is 0 Å². The highest BCUT2D eigenvalue weighted by atomic mass is 35.5. The van der Waals surface area contributed by atoms with Gasteiger partial charge in [0.2, 0.25) is 10.0 Å². The molecule has 1 aliphatic heterocycles. The van der Waals surface area contributed by atoms with Crippen molar-refractivity contribution in [2.45, 2.75) is 17.4 Å². The van der Waals surface area contributed by atoms with Gasteiger partial charge in [-0.3, -0.25) is 0 Å². The topological polar surface area (TPSA) is 89.2 Å². The molecule has 1 aromatic heterocycles. The molecular weight excluding hydrogens is 308 g/mol. The Balaban J connectivity index is 0.00000133. The maximum absolute atomic E-state index is 12.5. The summed E-state index contributed by atoms with van der Waals surface area (Å²) in [5.41, 5.74) is 6.82. The van der Waals surface area contributed by atoms with E-state index in [2.05, 4.69) is 8.75 Å². The zero-order chi connectivity index (χ0) is 12.8. The first-order valence-electron chi connectivity index (χ1n) is 5.56. The standard InChI is InChI=1S/C10H12N4O2S2.ClH/c11-7-4-5-14(6-7)18(15,16)9-3-1-2-8-10(9)13-17-12-8;/h1-3,7H,4-6,11H2;1H/t7-;/m1./s1. The minimum Gasteiger partial charge on any atom is -0.326 e. The van der Waals surface area contributed by atoms with Crippen LogP contribution in [0.4, 0.5) is 0 Å². The number of fused-ring (bicyclic) bond motifs is 1. The lowest BCUT2D eigenvalue weighted by Gasteiger charge is -2.15. The number of hydrogen-bond donors (Lipinski definition) is 1.